The normalized spacial score (nSPS) is 17.0. The van der Waals surface area contributed by atoms with Crippen LogP contribution in [0.25, 0.3) is 0 Å². The first kappa shape index (κ1) is 17.2. The van der Waals surface area contributed by atoms with E-state index < -0.39 is 0 Å². The monoisotopic (exact) mass is 336 g/mol. The molecule has 1 atom stereocenters. The summed E-state index contributed by atoms with van der Waals surface area (Å²) in [6.07, 6.45) is 1.25. The van der Waals surface area contributed by atoms with Crippen molar-refractivity contribution in [2.75, 3.05) is 11.9 Å². The lowest BCUT2D eigenvalue weighted by molar-refractivity contribution is -0.128. The maximum absolute atomic E-state index is 12.5. The van der Waals surface area contributed by atoms with Gasteiger partial charge < -0.3 is 10.2 Å². The van der Waals surface area contributed by atoms with Gasteiger partial charge in [0.1, 0.15) is 0 Å². The molecule has 0 spiro atoms. The van der Waals surface area contributed by atoms with Crippen LogP contribution in [0.3, 0.4) is 0 Å². The summed E-state index contributed by atoms with van der Waals surface area (Å²) in [6, 6.07) is 16.0. The lowest BCUT2D eigenvalue weighted by Crippen LogP contribution is -2.28. The molecular weight excluding hydrogens is 312 g/mol. The largest absolute Gasteiger partial charge is 0.338 e. The van der Waals surface area contributed by atoms with E-state index in [1.54, 1.807) is 4.90 Å². The number of nitrogens with zero attached hydrogens (tertiary/aromatic N) is 1. The number of carbonyl (C=O) groups is 2. The summed E-state index contributed by atoms with van der Waals surface area (Å²) in [5.41, 5.74) is 4.31. The second kappa shape index (κ2) is 7.51. The van der Waals surface area contributed by atoms with Crippen molar-refractivity contribution in [2.24, 2.45) is 5.92 Å². The first-order valence-corrected chi connectivity index (χ1v) is 8.78. The Morgan fingerprint density at radius 1 is 1.08 bits per heavy atom. The van der Waals surface area contributed by atoms with Crippen molar-refractivity contribution in [1.82, 2.24) is 4.90 Å². The van der Waals surface area contributed by atoms with Gasteiger partial charge in [-0.3, -0.25) is 9.59 Å². The number of benzene rings is 2. The SMILES string of the molecule is CCc1ccc(NC(=O)[C@@H]2CC(=O)N(Cc3ccc(C)cc3)C2)cc1. The van der Waals surface area contributed by atoms with E-state index in [0.717, 1.165) is 17.7 Å². The number of anilines is 1. The van der Waals surface area contributed by atoms with Crippen molar-refractivity contribution < 1.29 is 9.59 Å². The Hall–Kier alpha value is -2.62. The van der Waals surface area contributed by atoms with Gasteiger partial charge in [0.25, 0.3) is 0 Å². The number of rotatable bonds is 5. The molecule has 1 heterocycles. The van der Waals surface area contributed by atoms with Gasteiger partial charge in [0.05, 0.1) is 5.92 Å². The van der Waals surface area contributed by atoms with Crippen LogP contribution in [0.1, 0.15) is 30.0 Å². The van der Waals surface area contributed by atoms with Gasteiger partial charge in [-0.2, -0.15) is 0 Å². The van der Waals surface area contributed by atoms with Crippen molar-refractivity contribution in [3.63, 3.8) is 0 Å². The summed E-state index contributed by atoms with van der Waals surface area (Å²) in [4.78, 5) is 26.5. The van der Waals surface area contributed by atoms with Crippen LogP contribution in [0.15, 0.2) is 48.5 Å². The van der Waals surface area contributed by atoms with E-state index >= 15 is 0 Å². The third-order valence-electron chi connectivity index (χ3n) is 4.71. The van der Waals surface area contributed by atoms with Crippen LogP contribution in [-0.4, -0.2) is 23.3 Å². The number of likely N-dealkylation sites (tertiary alicyclic amines) is 1. The molecule has 25 heavy (non-hydrogen) atoms. The van der Waals surface area contributed by atoms with Crippen LogP contribution in [-0.2, 0) is 22.6 Å². The Morgan fingerprint density at radius 2 is 1.72 bits per heavy atom. The molecule has 3 rings (SSSR count). The third-order valence-corrected chi connectivity index (χ3v) is 4.71. The summed E-state index contributed by atoms with van der Waals surface area (Å²) in [7, 11) is 0. The molecular formula is C21H24N2O2. The Labute approximate surface area is 148 Å². The van der Waals surface area contributed by atoms with Crippen molar-refractivity contribution in [3.8, 4) is 0 Å². The van der Waals surface area contributed by atoms with E-state index in [9.17, 15) is 9.59 Å². The fourth-order valence-corrected chi connectivity index (χ4v) is 3.08. The van der Waals surface area contributed by atoms with Crippen molar-refractivity contribution in [2.45, 2.75) is 33.2 Å². The maximum Gasteiger partial charge on any atom is 0.229 e. The molecule has 0 unspecified atom stereocenters. The molecule has 0 aromatic heterocycles. The zero-order valence-electron chi connectivity index (χ0n) is 14.8. The highest BCUT2D eigenvalue weighted by atomic mass is 16.2. The number of amides is 2. The second-order valence-corrected chi connectivity index (χ2v) is 6.70. The number of aryl methyl sites for hydroxylation is 2. The Balaban J connectivity index is 1.59. The topological polar surface area (TPSA) is 49.4 Å². The van der Waals surface area contributed by atoms with Crippen LogP contribution >= 0.6 is 0 Å². The molecule has 0 aliphatic carbocycles. The molecule has 4 nitrogen and oxygen atoms in total. The van der Waals surface area contributed by atoms with Gasteiger partial charge in [0.2, 0.25) is 11.8 Å². The van der Waals surface area contributed by atoms with E-state index in [4.69, 9.17) is 0 Å². The Morgan fingerprint density at radius 3 is 2.36 bits per heavy atom. The van der Waals surface area contributed by atoms with Crippen LogP contribution in [0.2, 0.25) is 0 Å². The van der Waals surface area contributed by atoms with E-state index in [1.807, 2.05) is 55.5 Å². The molecule has 130 valence electrons. The average Bonchev–Trinajstić information content (AvgIpc) is 2.98. The lowest BCUT2D eigenvalue weighted by Gasteiger charge is -2.17. The number of hydrogen-bond acceptors (Lipinski definition) is 2. The first-order valence-electron chi connectivity index (χ1n) is 8.78. The standard InChI is InChI=1S/C21H24N2O2/c1-3-16-8-10-19(11-9-16)22-21(25)18-12-20(24)23(14-18)13-17-6-4-15(2)5-7-17/h4-11,18H,3,12-14H2,1-2H3,(H,22,25)/t18-/m1/s1. The predicted octanol–water partition coefficient (Wildman–Crippen LogP) is 3.54. The maximum atomic E-state index is 12.5. The highest BCUT2D eigenvalue weighted by Crippen LogP contribution is 2.22. The molecule has 0 bridgehead atoms. The number of hydrogen-bond donors (Lipinski definition) is 1. The van der Waals surface area contributed by atoms with Crippen LogP contribution < -0.4 is 5.32 Å². The molecule has 1 fully saturated rings. The van der Waals surface area contributed by atoms with Crippen LogP contribution in [0.5, 0.6) is 0 Å². The minimum absolute atomic E-state index is 0.0436. The van der Waals surface area contributed by atoms with Gasteiger partial charge in [0, 0.05) is 25.2 Å². The van der Waals surface area contributed by atoms with Crippen LogP contribution in [0, 0.1) is 12.8 Å². The number of nitrogens with one attached hydrogen (secondary N) is 1. The van der Waals surface area contributed by atoms with Gasteiger partial charge >= 0.3 is 0 Å². The van der Waals surface area contributed by atoms with Crippen LogP contribution in [0.4, 0.5) is 5.69 Å². The van der Waals surface area contributed by atoms with E-state index in [1.165, 1.54) is 11.1 Å². The molecule has 1 saturated heterocycles. The van der Waals surface area contributed by atoms with Gasteiger partial charge in [-0.15, -0.1) is 0 Å². The van der Waals surface area contributed by atoms with Crippen molar-refractivity contribution in [1.29, 1.82) is 0 Å². The lowest BCUT2D eigenvalue weighted by atomic mass is 10.1. The molecule has 1 aliphatic heterocycles. The molecule has 0 radical (unpaired) electrons. The molecule has 2 aromatic carbocycles. The van der Waals surface area contributed by atoms with E-state index in [0.29, 0.717) is 13.1 Å². The summed E-state index contributed by atoms with van der Waals surface area (Å²) in [5, 5.41) is 2.93. The van der Waals surface area contributed by atoms with Gasteiger partial charge in [-0.1, -0.05) is 48.9 Å². The van der Waals surface area contributed by atoms with Crippen molar-refractivity contribution >= 4 is 17.5 Å². The zero-order valence-corrected chi connectivity index (χ0v) is 14.8. The van der Waals surface area contributed by atoms with E-state index in [-0.39, 0.29) is 24.2 Å². The minimum atomic E-state index is -0.288. The highest BCUT2D eigenvalue weighted by Gasteiger charge is 2.34. The minimum Gasteiger partial charge on any atom is -0.338 e. The number of carbonyl (C=O) groups excluding carboxylic acids is 2. The van der Waals surface area contributed by atoms with Gasteiger partial charge in [0.15, 0.2) is 0 Å². The summed E-state index contributed by atoms with van der Waals surface area (Å²) >= 11 is 0. The van der Waals surface area contributed by atoms with E-state index in [2.05, 4.69) is 12.2 Å². The van der Waals surface area contributed by atoms with Gasteiger partial charge in [-0.25, -0.2) is 0 Å². The Bertz CT molecular complexity index is 750. The molecule has 4 heteroatoms. The van der Waals surface area contributed by atoms with Crippen molar-refractivity contribution in [3.05, 3.63) is 65.2 Å². The Kier molecular flexibility index (Phi) is 5.17. The quantitative estimate of drug-likeness (QED) is 0.908. The summed E-state index contributed by atoms with van der Waals surface area (Å²) < 4.78 is 0. The fraction of sp³-hybridized carbons (Fsp3) is 0.333. The average molecular weight is 336 g/mol. The fourth-order valence-electron chi connectivity index (χ4n) is 3.08. The first-order chi connectivity index (χ1) is 12.0. The molecule has 0 saturated carbocycles. The molecule has 1 N–H and O–H groups in total. The zero-order chi connectivity index (χ0) is 17.8. The van der Waals surface area contributed by atoms with Gasteiger partial charge in [-0.05, 0) is 36.6 Å². The summed E-state index contributed by atoms with van der Waals surface area (Å²) in [6.45, 7) is 5.18. The smallest absolute Gasteiger partial charge is 0.229 e. The third kappa shape index (κ3) is 4.27. The second-order valence-electron chi connectivity index (χ2n) is 6.70. The predicted molar refractivity (Wildman–Crippen MR) is 99.2 cm³/mol. The molecule has 2 amide bonds. The molecule has 2 aromatic rings. The molecule has 1 aliphatic rings. The highest BCUT2D eigenvalue weighted by molar-refractivity contribution is 5.97. The summed E-state index contributed by atoms with van der Waals surface area (Å²) in [5.74, 6) is -0.324.